The highest BCUT2D eigenvalue weighted by molar-refractivity contribution is 5.94. The van der Waals surface area contributed by atoms with Gasteiger partial charge in [-0.1, -0.05) is 48.5 Å². The Morgan fingerprint density at radius 1 is 1.05 bits per heavy atom. The molecule has 6 heteroatoms. The zero-order valence-corrected chi connectivity index (χ0v) is 22.4. The zero-order chi connectivity index (χ0) is 26.8. The van der Waals surface area contributed by atoms with E-state index in [1.54, 1.807) is 18.2 Å². The van der Waals surface area contributed by atoms with Gasteiger partial charge in [0.25, 0.3) is 5.91 Å². The average molecular weight is 505 g/mol. The van der Waals surface area contributed by atoms with Crippen molar-refractivity contribution >= 4 is 17.8 Å². The summed E-state index contributed by atoms with van der Waals surface area (Å²) in [6.45, 7) is 10.5. The van der Waals surface area contributed by atoms with Crippen LogP contribution in [0.25, 0.3) is 0 Å². The third kappa shape index (κ3) is 8.88. The minimum Gasteiger partial charge on any atom is -0.460 e. The first-order chi connectivity index (χ1) is 17.7. The van der Waals surface area contributed by atoms with E-state index >= 15 is 0 Å². The lowest BCUT2D eigenvalue weighted by Crippen LogP contribution is -2.42. The van der Waals surface area contributed by atoms with Gasteiger partial charge in [0, 0.05) is 37.0 Å². The van der Waals surface area contributed by atoms with Crippen molar-refractivity contribution in [3.05, 3.63) is 83.9 Å². The van der Waals surface area contributed by atoms with Crippen LogP contribution in [0.2, 0.25) is 0 Å². The fourth-order valence-electron chi connectivity index (χ4n) is 4.73. The molecule has 0 bridgehead atoms. The Morgan fingerprint density at radius 2 is 1.73 bits per heavy atom. The summed E-state index contributed by atoms with van der Waals surface area (Å²) in [5.41, 5.74) is 2.30. The quantitative estimate of drug-likeness (QED) is 0.322. The van der Waals surface area contributed by atoms with Crippen LogP contribution in [0.1, 0.15) is 67.9 Å². The van der Waals surface area contributed by atoms with Gasteiger partial charge >= 0.3 is 5.97 Å². The van der Waals surface area contributed by atoms with Crippen molar-refractivity contribution in [2.24, 2.45) is 5.92 Å². The second-order valence-corrected chi connectivity index (χ2v) is 10.7. The molecule has 2 aromatic rings. The number of allylic oxidation sites excluding steroid dienone is 1. The van der Waals surface area contributed by atoms with Gasteiger partial charge in [-0.3, -0.25) is 14.4 Å². The summed E-state index contributed by atoms with van der Waals surface area (Å²) < 4.78 is 5.35. The van der Waals surface area contributed by atoms with Gasteiger partial charge in [-0.2, -0.15) is 0 Å². The number of carbonyl (C=O) groups excluding carboxylic acids is 3. The molecular formula is C31H40N2O4. The second-order valence-electron chi connectivity index (χ2n) is 10.7. The van der Waals surface area contributed by atoms with Crippen LogP contribution in [0, 0.1) is 5.92 Å². The van der Waals surface area contributed by atoms with Crippen molar-refractivity contribution in [3.8, 4) is 0 Å². The molecule has 0 unspecified atom stereocenters. The van der Waals surface area contributed by atoms with Gasteiger partial charge in [0.05, 0.1) is 0 Å². The fourth-order valence-corrected chi connectivity index (χ4v) is 4.73. The standard InChI is InChI=1S/C31H40N2O4/c1-5-10-26-21-27(33(30(26)36)20-9-13-23-11-7-6-8-12-23)22-32-29(35)25-17-14-24(15-18-25)16-19-28(34)37-31(2,3)4/h5-8,11-12,14-15,17-18,26-27H,1,9-10,13,16,19-22H2,2-4H3,(H,32,35)/t26-,27+/m1/s1. The third-order valence-corrected chi connectivity index (χ3v) is 6.54. The Labute approximate surface area is 221 Å². The number of likely N-dealkylation sites (tertiary alicyclic amines) is 1. The Kier molecular flexibility index (Phi) is 10.1. The third-order valence-electron chi connectivity index (χ3n) is 6.54. The number of benzene rings is 2. The topological polar surface area (TPSA) is 75.7 Å². The van der Waals surface area contributed by atoms with Crippen LogP contribution >= 0.6 is 0 Å². The highest BCUT2D eigenvalue weighted by atomic mass is 16.6. The van der Waals surface area contributed by atoms with E-state index in [0.29, 0.717) is 37.9 Å². The van der Waals surface area contributed by atoms with Crippen molar-refractivity contribution in [2.75, 3.05) is 13.1 Å². The van der Waals surface area contributed by atoms with Crippen LogP contribution in [-0.4, -0.2) is 47.4 Å². The van der Waals surface area contributed by atoms with E-state index in [1.807, 2.05) is 56.0 Å². The van der Waals surface area contributed by atoms with Crippen LogP contribution < -0.4 is 5.32 Å². The van der Waals surface area contributed by atoms with Gasteiger partial charge < -0.3 is 15.0 Å². The molecule has 6 nitrogen and oxygen atoms in total. The smallest absolute Gasteiger partial charge is 0.306 e. The molecule has 0 aromatic heterocycles. The lowest BCUT2D eigenvalue weighted by atomic mass is 10.0. The van der Waals surface area contributed by atoms with E-state index in [0.717, 1.165) is 24.8 Å². The van der Waals surface area contributed by atoms with E-state index in [1.165, 1.54) is 5.56 Å². The maximum absolute atomic E-state index is 13.0. The minimum atomic E-state index is -0.494. The molecule has 0 aliphatic carbocycles. The molecule has 1 aliphatic rings. The van der Waals surface area contributed by atoms with Crippen LogP contribution in [0.5, 0.6) is 0 Å². The zero-order valence-electron chi connectivity index (χ0n) is 22.4. The van der Waals surface area contributed by atoms with Gasteiger partial charge in [0.2, 0.25) is 5.91 Å². The maximum Gasteiger partial charge on any atom is 0.306 e. The van der Waals surface area contributed by atoms with Crippen LogP contribution in [-0.2, 0) is 27.2 Å². The molecule has 0 radical (unpaired) electrons. The molecule has 1 saturated heterocycles. The number of rotatable bonds is 12. The number of hydrogen-bond acceptors (Lipinski definition) is 4. The average Bonchev–Trinajstić information content (AvgIpc) is 3.15. The number of carbonyl (C=O) groups is 3. The van der Waals surface area contributed by atoms with Crippen molar-refractivity contribution in [3.63, 3.8) is 0 Å². The minimum absolute atomic E-state index is 0.0229. The van der Waals surface area contributed by atoms with Crippen LogP contribution in [0.15, 0.2) is 67.3 Å². The monoisotopic (exact) mass is 504 g/mol. The summed E-state index contributed by atoms with van der Waals surface area (Å²) in [7, 11) is 0. The Hall–Kier alpha value is -3.41. The molecule has 0 spiro atoms. The van der Waals surface area contributed by atoms with Crippen LogP contribution in [0.3, 0.4) is 0 Å². The number of hydrogen-bond donors (Lipinski definition) is 1. The van der Waals surface area contributed by atoms with Crippen molar-refractivity contribution in [1.29, 1.82) is 0 Å². The maximum atomic E-state index is 13.0. The summed E-state index contributed by atoms with van der Waals surface area (Å²) in [4.78, 5) is 39.7. The number of nitrogens with zero attached hydrogens (tertiary/aromatic N) is 1. The Morgan fingerprint density at radius 3 is 2.38 bits per heavy atom. The lowest BCUT2D eigenvalue weighted by molar-refractivity contribution is -0.154. The first-order valence-electron chi connectivity index (χ1n) is 13.2. The molecule has 1 fully saturated rings. The fraction of sp³-hybridized carbons (Fsp3) is 0.452. The number of ether oxygens (including phenoxy) is 1. The number of nitrogens with one attached hydrogen (secondary N) is 1. The number of esters is 1. The molecule has 0 saturated carbocycles. The molecule has 2 aromatic carbocycles. The van der Waals surface area contributed by atoms with Gasteiger partial charge in [0.1, 0.15) is 5.60 Å². The molecule has 1 heterocycles. The van der Waals surface area contributed by atoms with Crippen molar-refractivity contribution in [2.45, 2.75) is 70.9 Å². The lowest BCUT2D eigenvalue weighted by Gasteiger charge is -2.25. The van der Waals surface area contributed by atoms with Crippen molar-refractivity contribution < 1.29 is 19.1 Å². The van der Waals surface area contributed by atoms with Gasteiger partial charge in [0.15, 0.2) is 0 Å². The Balaban J connectivity index is 1.51. The first kappa shape index (κ1) is 28.2. The molecule has 37 heavy (non-hydrogen) atoms. The molecule has 3 rings (SSSR count). The summed E-state index contributed by atoms with van der Waals surface area (Å²) in [5.74, 6) is -0.312. The highest BCUT2D eigenvalue weighted by Gasteiger charge is 2.38. The van der Waals surface area contributed by atoms with E-state index in [-0.39, 0.29) is 29.7 Å². The molecule has 2 amide bonds. The van der Waals surface area contributed by atoms with Gasteiger partial charge in [-0.25, -0.2) is 0 Å². The molecule has 1 aliphatic heterocycles. The normalized spacial score (nSPS) is 17.5. The van der Waals surface area contributed by atoms with E-state index in [2.05, 4.69) is 24.0 Å². The summed E-state index contributed by atoms with van der Waals surface area (Å²) in [6.07, 6.45) is 5.83. The summed E-state index contributed by atoms with van der Waals surface area (Å²) in [6, 6.07) is 17.5. The van der Waals surface area contributed by atoms with Crippen LogP contribution in [0.4, 0.5) is 0 Å². The second kappa shape index (κ2) is 13.2. The number of aryl methyl sites for hydroxylation is 2. The van der Waals surface area contributed by atoms with E-state index < -0.39 is 5.60 Å². The van der Waals surface area contributed by atoms with Crippen molar-refractivity contribution in [1.82, 2.24) is 10.2 Å². The number of amides is 2. The van der Waals surface area contributed by atoms with E-state index in [4.69, 9.17) is 4.74 Å². The summed E-state index contributed by atoms with van der Waals surface area (Å²) in [5, 5.41) is 3.02. The first-order valence-corrected chi connectivity index (χ1v) is 13.2. The predicted octanol–water partition coefficient (Wildman–Crippen LogP) is 5.12. The molecular weight excluding hydrogens is 464 g/mol. The SMILES string of the molecule is C=CC[C@@H]1C[C@@H](CNC(=O)c2ccc(CCC(=O)OC(C)(C)C)cc2)N(CCCc2ccccc2)C1=O. The summed E-state index contributed by atoms with van der Waals surface area (Å²) >= 11 is 0. The van der Waals surface area contributed by atoms with Gasteiger partial charge in [-0.05, 0) is 76.1 Å². The molecule has 198 valence electrons. The Bertz CT molecular complexity index is 1060. The predicted molar refractivity (Wildman–Crippen MR) is 146 cm³/mol. The highest BCUT2D eigenvalue weighted by Crippen LogP contribution is 2.28. The largest absolute Gasteiger partial charge is 0.460 e. The molecule has 1 N–H and O–H groups in total. The molecule has 2 atom stereocenters. The van der Waals surface area contributed by atoms with Gasteiger partial charge in [-0.15, -0.1) is 6.58 Å². The van der Waals surface area contributed by atoms with E-state index in [9.17, 15) is 14.4 Å².